The van der Waals surface area contributed by atoms with Gasteiger partial charge in [0.2, 0.25) is 0 Å². The van der Waals surface area contributed by atoms with Crippen molar-refractivity contribution in [1.29, 1.82) is 0 Å². The Morgan fingerprint density at radius 1 is 1.37 bits per heavy atom. The Morgan fingerprint density at radius 2 is 2.00 bits per heavy atom. The summed E-state index contributed by atoms with van der Waals surface area (Å²) in [5.41, 5.74) is 1.80. The molecule has 0 radical (unpaired) electrons. The second-order valence-corrected chi connectivity index (χ2v) is 7.53. The van der Waals surface area contributed by atoms with E-state index in [4.69, 9.17) is 4.84 Å². The van der Waals surface area contributed by atoms with Gasteiger partial charge >= 0.3 is 0 Å². The Balaban J connectivity index is 2.28. The van der Waals surface area contributed by atoms with Crippen molar-refractivity contribution >= 4 is 14.9 Å². The quantitative estimate of drug-likeness (QED) is 0.824. The molecule has 19 heavy (non-hydrogen) atoms. The standard InChI is InChI=1S/C12H19N3O3S/c1-8-10(9(2)15(5)13-8)7-19(16,17)11-6-12(3,4)18-14-11/h6-7H2,1-5H3. The Labute approximate surface area is 113 Å². The van der Waals surface area contributed by atoms with Gasteiger partial charge in [0.05, 0.1) is 11.4 Å². The lowest BCUT2D eigenvalue weighted by Crippen LogP contribution is -2.23. The third-order valence-corrected chi connectivity index (χ3v) is 4.93. The molecule has 0 N–H and O–H groups in total. The lowest BCUT2D eigenvalue weighted by molar-refractivity contribution is 0.0123. The van der Waals surface area contributed by atoms with Gasteiger partial charge in [0.25, 0.3) is 0 Å². The molecular formula is C12H19N3O3S. The first-order chi connectivity index (χ1) is 8.62. The molecule has 0 aromatic carbocycles. The van der Waals surface area contributed by atoms with Crippen LogP contribution in [0.25, 0.3) is 0 Å². The molecule has 0 amide bonds. The first kappa shape index (κ1) is 14.0. The fourth-order valence-corrected chi connectivity index (χ4v) is 3.75. The van der Waals surface area contributed by atoms with Crippen LogP contribution in [0.15, 0.2) is 5.16 Å². The average Bonchev–Trinajstić information content (AvgIpc) is 2.75. The molecule has 1 aliphatic heterocycles. The van der Waals surface area contributed by atoms with Crippen LogP contribution >= 0.6 is 0 Å². The van der Waals surface area contributed by atoms with E-state index in [1.807, 2.05) is 27.7 Å². The molecular weight excluding hydrogens is 266 g/mol. The van der Waals surface area contributed by atoms with Crippen LogP contribution in [-0.2, 0) is 27.5 Å². The van der Waals surface area contributed by atoms with E-state index in [-0.39, 0.29) is 10.8 Å². The summed E-state index contributed by atoms with van der Waals surface area (Å²) in [5, 5.41) is 8.08. The summed E-state index contributed by atoms with van der Waals surface area (Å²) < 4.78 is 26.4. The van der Waals surface area contributed by atoms with E-state index in [0.29, 0.717) is 6.42 Å². The number of hydrogen-bond donors (Lipinski definition) is 0. The van der Waals surface area contributed by atoms with E-state index in [1.165, 1.54) is 0 Å². The van der Waals surface area contributed by atoms with E-state index in [2.05, 4.69) is 10.3 Å². The molecule has 6 nitrogen and oxygen atoms in total. The number of aromatic nitrogens is 2. The fourth-order valence-electron chi connectivity index (χ4n) is 2.07. The van der Waals surface area contributed by atoms with Gasteiger partial charge in [-0.15, -0.1) is 0 Å². The minimum atomic E-state index is -3.44. The highest BCUT2D eigenvalue weighted by Gasteiger charge is 2.36. The molecule has 7 heteroatoms. The predicted octanol–water partition coefficient (Wildman–Crippen LogP) is 1.46. The summed E-state index contributed by atoms with van der Waals surface area (Å²) in [6.07, 6.45) is 0.313. The van der Waals surface area contributed by atoms with Crippen molar-refractivity contribution in [3.63, 3.8) is 0 Å². The van der Waals surface area contributed by atoms with Gasteiger partial charge in [-0.05, 0) is 27.7 Å². The third-order valence-electron chi connectivity index (χ3n) is 3.32. The number of sulfone groups is 1. The van der Waals surface area contributed by atoms with Crippen LogP contribution < -0.4 is 0 Å². The molecule has 0 bridgehead atoms. The van der Waals surface area contributed by atoms with E-state index in [9.17, 15) is 8.42 Å². The molecule has 1 aliphatic rings. The van der Waals surface area contributed by atoms with Crippen LogP contribution in [0.3, 0.4) is 0 Å². The zero-order valence-electron chi connectivity index (χ0n) is 11.9. The molecule has 0 spiro atoms. The molecule has 0 saturated carbocycles. The maximum atomic E-state index is 12.4. The van der Waals surface area contributed by atoms with Crippen molar-refractivity contribution < 1.29 is 13.3 Å². The Kier molecular flexibility index (Phi) is 3.20. The van der Waals surface area contributed by atoms with E-state index < -0.39 is 15.4 Å². The van der Waals surface area contributed by atoms with E-state index in [1.54, 1.807) is 11.7 Å². The zero-order chi connectivity index (χ0) is 14.4. The van der Waals surface area contributed by atoms with Crippen molar-refractivity contribution in [2.45, 2.75) is 45.5 Å². The molecule has 0 atom stereocenters. The van der Waals surface area contributed by atoms with E-state index in [0.717, 1.165) is 17.0 Å². The second-order valence-electron chi connectivity index (χ2n) is 5.54. The van der Waals surface area contributed by atoms with Crippen LogP contribution in [0.1, 0.15) is 37.2 Å². The lowest BCUT2D eigenvalue weighted by atomic mass is 10.1. The molecule has 2 rings (SSSR count). The number of rotatable bonds is 2. The minimum absolute atomic E-state index is 0.0726. The molecule has 1 aromatic heterocycles. The Hall–Kier alpha value is -1.37. The highest BCUT2D eigenvalue weighted by molar-refractivity contribution is 8.05. The van der Waals surface area contributed by atoms with Crippen LogP contribution in [0.5, 0.6) is 0 Å². The highest BCUT2D eigenvalue weighted by atomic mass is 32.2. The normalized spacial score (nSPS) is 18.3. The molecule has 0 unspecified atom stereocenters. The topological polar surface area (TPSA) is 73.5 Å². The monoisotopic (exact) mass is 285 g/mol. The minimum Gasteiger partial charge on any atom is -0.389 e. The van der Waals surface area contributed by atoms with Gasteiger partial charge < -0.3 is 4.84 Å². The van der Waals surface area contributed by atoms with Crippen molar-refractivity contribution in [1.82, 2.24) is 9.78 Å². The maximum Gasteiger partial charge on any atom is 0.199 e. The first-order valence-corrected chi connectivity index (χ1v) is 7.74. The lowest BCUT2D eigenvalue weighted by Gasteiger charge is -2.13. The van der Waals surface area contributed by atoms with Gasteiger partial charge in [-0.2, -0.15) is 5.10 Å². The fraction of sp³-hybridized carbons (Fsp3) is 0.667. The first-order valence-electron chi connectivity index (χ1n) is 6.09. The third kappa shape index (κ3) is 2.65. The summed E-state index contributed by atoms with van der Waals surface area (Å²) in [6.45, 7) is 7.32. The van der Waals surface area contributed by atoms with Gasteiger partial charge in [-0.3, -0.25) is 4.68 Å². The highest BCUT2D eigenvalue weighted by Crippen LogP contribution is 2.27. The summed E-state index contributed by atoms with van der Waals surface area (Å²) in [5.74, 6) is -0.0726. The van der Waals surface area contributed by atoms with Crippen LogP contribution in [0, 0.1) is 13.8 Å². The van der Waals surface area contributed by atoms with Gasteiger partial charge in [-0.1, -0.05) is 5.16 Å². The summed E-state index contributed by atoms with van der Waals surface area (Å²) in [4.78, 5) is 5.13. The number of nitrogens with zero attached hydrogens (tertiary/aromatic N) is 3. The predicted molar refractivity (Wildman–Crippen MR) is 72.5 cm³/mol. The van der Waals surface area contributed by atoms with Crippen molar-refractivity contribution in [3.05, 3.63) is 17.0 Å². The van der Waals surface area contributed by atoms with Gasteiger partial charge in [0.1, 0.15) is 5.60 Å². The van der Waals surface area contributed by atoms with Gasteiger partial charge in [-0.25, -0.2) is 8.42 Å². The SMILES string of the molecule is Cc1nn(C)c(C)c1CS(=O)(=O)C1=NOC(C)(C)C1. The largest absolute Gasteiger partial charge is 0.389 e. The number of hydrogen-bond acceptors (Lipinski definition) is 5. The van der Waals surface area contributed by atoms with Crippen molar-refractivity contribution in [2.75, 3.05) is 0 Å². The summed E-state index contributed by atoms with van der Waals surface area (Å²) in [7, 11) is -1.64. The Morgan fingerprint density at radius 3 is 2.42 bits per heavy atom. The Bertz CT molecular complexity index is 641. The molecule has 0 aliphatic carbocycles. The molecule has 2 heterocycles. The van der Waals surface area contributed by atoms with Crippen molar-refractivity contribution in [3.8, 4) is 0 Å². The summed E-state index contributed by atoms with van der Waals surface area (Å²) in [6, 6.07) is 0. The van der Waals surface area contributed by atoms with Crippen LogP contribution in [0.4, 0.5) is 0 Å². The van der Waals surface area contributed by atoms with Crippen LogP contribution in [0.2, 0.25) is 0 Å². The van der Waals surface area contributed by atoms with Gasteiger partial charge in [0, 0.05) is 24.7 Å². The zero-order valence-corrected chi connectivity index (χ0v) is 12.7. The smallest absolute Gasteiger partial charge is 0.199 e. The molecule has 0 fully saturated rings. The van der Waals surface area contributed by atoms with E-state index >= 15 is 0 Å². The van der Waals surface area contributed by atoms with Crippen LogP contribution in [-0.4, -0.2) is 28.8 Å². The summed E-state index contributed by atoms with van der Waals surface area (Å²) >= 11 is 0. The molecule has 106 valence electrons. The van der Waals surface area contributed by atoms with Gasteiger partial charge in [0.15, 0.2) is 14.9 Å². The molecule has 1 aromatic rings. The number of aryl methyl sites for hydroxylation is 2. The number of oxime groups is 1. The maximum absolute atomic E-state index is 12.4. The second kappa shape index (κ2) is 4.33. The van der Waals surface area contributed by atoms with Crippen molar-refractivity contribution in [2.24, 2.45) is 12.2 Å². The average molecular weight is 285 g/mol. The molecule has 0 saturated heterocycles.